The van der Waals surface area contributed by atoms with Gasteiger partial charge in [-0.3, -0.25) is 4.79 Å². The van der Waals surface area contributed by atoms with Crippen LogP contribution in [0.3, 0.4) is 0 Å². The summed E-state index contributed by atoms with van der Waals surface area (Å²) in [4.78, 5) is 23.3. The van der Waals surface area contributed by atoms with E-state index >= 15 is 0 Å². The average Bonchev–Trinajstić information content (AvgIpc) is 3.30. The van der Waals surface area contributed by atoms with Crippen LogP contribution >= 0.6 is 11.3 Å². The quantitative estimate of drug-likeness (QED) is 0.390. The zero-order chi connectivity index (χ0) is 19.7. The lowest BCUT2D eigenvalue weighted by Gasteiger charge is -2.16. The number of aromatic amines is 1. The van der Waals surface area contributed by atoms with Gasteiger partial charge < -0.3 is 21.4 Å². The van der Waals surface area contributed by atoms with Gasteiger partial charge in [-0.25, -0.2) is 9.97 Å². The molecule has 0 saturated carbocycles. The van der Waals surface area contributed by atoms with Gasteiger partial charge in [0.05, 0.1) is 21.3 Å². The molecule has 8 heteroatoms. The van der Waals surface area contributed by atoms with Crippen LogP contribution in [0.15, 0.2) is 48.2 Å². The zero-order valence-corrected chi connectivity index (χ0v) is 16.3. The molecule has 0 aliphatic heterocycles. The number of hydrogen-bond donors (Lipinski definition) is 4. The summed E-state index contributed by atoms with van der Waals surface area (Å²) in [6, 6.07) is 9.94. The van der Waals surface area contributed by atoms with Gasteiger partial charge in [0.1, 0.15) is 5.82 Å². The number of anilines is 3. The molecular formula is C20H20N6OS. The Morgan fingerprint density at radius 1 is 1.21 bits per heavy atom. The summed E-state index contributed by atoms with van der Waals surface area (Å²) in [5.41, 5.74) is 12.1. The van der Waals surface area contributed by atoms with Crippen LogP contribution in [0.4, 0.5) is 17.2 Å². The van der Waals surface area contributed by atoms with Crippen LogP contribution < -0.4 is 16.4 Å². The van der Waals surface area contributed by atoms with Gasteiger partial charge in [0.2, 0.25) is 5.91 Å². The number of hydrogen-bond acceptors (Lipinski definition) is 6. The van der Waals surface area contributed by atoms with Gasteiger partial charge in [0.15, 0.2) is 0 Å². The molecule has 5 N–H and O–H groups in total. The molecule has 0 aliphatic carbocycles. The first-order valence-corrected chi connectivity index (χ1v) is 9.73. The maximum atomic E-state index is 11.4. The molecule has 0 radical (unpaired) electrons. The minimum absolute atomic E-state index is 0.230. The Morgan fingerprint density at radius 3 is 2.82 bits per heavy atom. The van der Waals surface area contributed by atoms with Crippen molar-refractivity contribution >= 4 is 44.7 Å². The predicted molar refractivity (Wildman–Crippen MR) is 114 cm³/mol. The van der Waals surface area contributed by atoms with Gasteiger partial charge in [0.25, 0.3) is 0 Å². The SMILES string of the molecule is CC(C)Nc1cc(Nc2ccc3ncsc3c2)ncc1-c1cc(C(N)=O)c[nH]1. The molecule has 0 spiro atoms. The fourth-order valence-corrected chi connectivity index (χ4v) is 3.66. The number of carbonyl (C=O) groups excluding carboxylic acids is 1. The number of thiazole rings is 1. The predicted octanol–water partition coefficient (Wildman–Crippen LogP) is 4.35. The molecule has 0 aliphatic rings. The number of rotatable bonds is 6. The number of nitrogens with one attached hydrogen (secondary N) is 3. The first kappa shape index (κ1) is 18.0. The van der Waals surface area contributed by atoms with Crippen molar-refractivity contribution in [3.8, 4) is 11.3 Å². The number of primary amides is 1. The molecule has 28 heavy (non-hydrogen) atoms. The highest BCUT2D eigenvalue weighted by Crippen LogP contribution is 2.31. The average molecular weight is 392 g/mol. The number of nitrogens with zero attached hydrogens (tertiary/aromatic N) is 2. The lowest BCUT2D eigenvalue weighted by molar-refractivity contribution is 0.100. The van der Waals surface area contributed by atoms with Crippen LogP contribution in [0.25, 0.3) is 21.5 Å². The van der Waals surface area contributed by atoms with Crippen LogP contribution in [0.5, 0.6) is 0 Å². The summed E-state index contributed by atoms with van der Waals surface area (Å²) in [5, 5.41) is 6.78. The van der Waals surface area contributed by atoms with E-state index in [1.165, 1.54) is 0 Å². The van der Waals surface area contributed by atoms with Gasteiger partial charge in [-0.1, -0.05) is 0 Å². The molecule has 0 saturated heterocycles. The zero-order valence-electron chi connectivity index (χ0n) is 15.5. The highest BCUT2D eigenvalue weighted by molar-refractivity contribution is 7.16. The molecule has 3 heterocycles. The molecule has 7 nitrogen and oxygen atoms in total. The molecule has 3 aromatic heterocycles. The van der Waals surface area contributed by atoms with Gasteiger partial charge in [-0.15, -0.1) is 11.3 Å². The van der Waals surface area contributed by atoms with Gasteiger partial charge in [0, 0.05) is 47.1 Å². The van der Waals surface area contributed by atoms with E-state index in [0.29, 0.717) is 5.56 Å². The Balaban J connectivity index is 1.67. The van der Waals surface area contributed by atoms with Crippen molar-refractivity contribution in [2.45, 2.75) is 19.9 Å². The molecule has 0 unspecified atom stereocenters. The number of carbonyl (C=O) groups is 1. The van der Waals surface area contributed by atoms with Crippen LogP contribution in [0.1, 0.15) is 24.2 Å². The van der Waals surface area contributed by atoms with Crippen LogP contribution in [-0.2, 0) is 0 Å². The van der Waals surface area contributed by atoms with Crippen molar-refractivity contribution in [3.05, 3.63) is 53.8 Å². The summed E-state index contributed by atoms with van der Waals surface area (Å²) >= 11 is 1.60. The number of fused-ring (bicyclic) bond motifs is 1. The van der Waals surface area contributed by atoms with E-state index in [2.05, 4.69) is 45.5 Å². The maximum Gasteiger partial charge on any atom is 0.250 e. The van der Waals surface area contributed by atoms with E-state index in [0.717, 1.165) is 38.7 Å². The van der Waals surface area contributed by atoms with Crippen molar-refractivity contribution in [2.24, 2.45) is 5.73 Å². The highest BCUT2D eigenvalue weighted by atomic mass is 32.1. The van der Waals surface area contributed by atoms with Crippen molar-refractivity contribution in [1.29, 1.82) is 0 Å². The van der Waals surface area contributed by atoms with Crippen LogP contribution in [-0.4, -0.2) is 26.9 Å². The second kappa shape index (κ2) is 7.32. The van der Waals surface area contributed by atoms with Crippen molar-refractivity contribution in [2.75, 3.05) is 10.6 Å². The second-order valence-corrected chi connectivity index (χ2v) is 7.63. The van der Waals surface area contributed by atoms with Gasteiger partial charge in [-0.05, 0) is 38.1 Å². The fraction of sp³-hybridized carbons (Fsp3) is 0.150. The Bertz CT molecular complexity index is 1150. The third-order valence-electron chi connectivity index (χ3n) is 4.21. The maximum absolute atomic E-state index is 11.4. The number of H-pyrrole nitrogens is 1. The summed E-state index contributed by atoms with van der Waals surface area (Å²) in [6.07, 6.45) is 3.38. The largest absolute Gasteiger partial charge is 0.382 e. The second-order valence-electron chi connectivity index (χ2n) is 6.74. The van der Waals surface area contributed by atoms with E-state index in [1.54, 1.807) is 29.8 Å². The minimum atomic E-state index is -0.467. The van der Waals surface area contributed by atoms with E-state index in [4.69, 9.17) is 5.73 Å². The monoisotopic (exact) mass is 392 g/mol. The molecular weight excluding hydrogens is 372 g/mol. The number of benzene rings is 1. The Hall–Kier alpha value is -3.39. The van der Waals surface area contributed by atoms with E-state index < -0.39 is 5.91 Å². The van der Waals surface area contributed by atoms with Crippen molar-refractivity contribution < 1.29 is 4.79 Å². The van der Waals surface area contributed by atoms with E-state index in [9.17, 15) is 4.79 Å². The normalized spacial score (nSPS) is 11.1. The molecule has 4 aromatic rings. The lowest BCUT2D eigenvalue weighted by atomic mass is 10.1. The minimum Gasteiger partial charge on any atom is -0.382 e. The molecule has 1 aromatic carbocycles. The van der Waals surface area contributed by atoms with Crippen LogP contribution in [0.2, 0.25) is 0 Å². The summed E-state index contributed by atoms with van der Waals surface area (Å²) in [7, 11) is 0. The topological polar surface area (TPSA) is 109 Å². The van der Waals surface area contributed by atoms with Crippen molar-refractivity contribution in [1.82, 2.24) is 15.0 Å². The highest BCUT2D eigenvalue weighted by Gasteiger charge is 2.13. The Kier molecular flexibility index (Phi) is 4.70. The van der Waals surface area contributed by atoms with E-state index in [1.807, 2.05) is 23.7 Å². The molecule has 142 valence electrons. The Morgan fingerprint density at radius 2 is 2.07 bits per heavy atom. The fourth-order valence-electron chi connectivity index (χ4n) is 2.94. The summed E-state index contributed by atoms with van der Waals surface area (Å²) < 4.78 is 1.12. The molecule has 0 bridgehead atoms. The molecule has 1 amide bonds. The smallest absolute Gasteiger partial charge is 0.250 e. The molecule has 0 fully saturated rings. The first-order chi connectivity index (χ1) is 13.5. The third kappa shape index (κ3) is 3.67. The summed E-state index contributed by atoms with van der Waals surface area (Å²) in [6.45, 7) is 4.14. The first-order valence-electron chi connectivity index (χ1n) is 8.85. The van der Waals surface area contributed by atoms with Crippen LogP contribution in [0, 0.1) is 0 Å². The number of amides is 1. The van der Waals surface area contributed by atoms with Gasteiger partial charge in [-0.2, -0.15) is 0 Å². The molecule has 0 atom stereocenters. The number of aromatic nitrogens is 3. The van der Waals surface area contributed by atoms with E-state index in [-0.39, 0.29) is 6.04 Å². The third-order valence-corrected chi connectivity index (χ3v) is 5.00. The molecule has 4 rings (SSSR count). The number of pyridine rings is 1. The lowest BCUT2D eigenvalue weighted by Crippen LogP contribution is -2.11. The Labute approximate surface area is 166 Å². The number of nitrogens with two attached hydrogens (primary N) is 1. The van der Waals surface area contributed by atoms with Gasteiger partial charge >= 0.3 is 0 Å². The summed E-state index contributed by atoms with van der Waals surface area (Å²) in [5.74, 6) is 0.253. The standard InChI is InChI=1S/C20H20N6OS/c1-11(2)25-17-7-19(26-13-3-4-15-18(6-13)28-10-24-15)23-9-14(17)16-5-12(8-22-16)20(21)27/h3-11,22H,1-2H3,(H2,21,27)(H2,23,25,26). The van der Waals surface area contributed by atoms with Crippen molar-refractivity contribution in [3.63, 3.8) is 0 Å².